The molecule has 0 unspecified atom stereocenters. The van der Waals surface area contributed by atoms with Crippen molar-refractivity contribution in [2.75, 3.05) is 31.6 Å². The number of amides is 1. The molecule has 2 saturated heterocycles. The topological polar surface area (TPSA) is 96.0 Å². The van der Waals surface area contributed by atoms with Gasteiger partial charge in [-0.2, -0.15) is 5.10 Å². The molecule has 2 aromatic rings. The average Bonchev–Trinajstić information content (AvgIpc) is 3.37. The molecule has 1 amide bonds. The second-order valence-electron chi connectivity index (χ2n) is 6.56. The number of carbonyl (C=O) groups is 1. The van der Waals surface area contributed by atoms with E-state index in [2.05, 4.69) is 30.6 Å². The third-order valence-electron chi connectivity index (χ3n) is 4.81. The van der Waals surface area contributed by atoms with Crippen LogP contribution in [0.5, 0.6) is 0 Å². The first-order chi connectivity index (χ1) is 12.3. The number of rotatable bonds is 5. The summed E-state index contributed by atoms with van der Waals surface area (Å²) in [6.45, 7) is 2.99. The van der Waals surface area contributed by atoms with Gasteiger partial charge in [-0.3, -0.25) is 20.1 Å². The van der Waals surface area contributed by atoms with Crippen LogP contribution in [0.3, 0.4) is 0 Å². The molecular formula is C16H22N6O2S. The number of anilines is 1. The Kier molecular flexibility index (Phi) is 5.04. The number of ether oxygens (including phenoxy) is 1. The van der Waals surface area contributed by atoms with Crippen LogP contribution in [-0.4, -0.2) is 57.4 Å². The minimum absolute atomic E-state index is 0.0324. The Labute approximate surface area is 150 Å². The fourth-order valence-corrected chi connectivity index (χ4v) is 4.29. The lowest BCUT2D eigenvalue weighted by atomic mass is 9.94. The van der Waals surface area contributed by atoms with Crippen molar-refractivity contribution in [1.29, 1.82) is 0 Å². The number of aromatic amines is 1. The summed E-state index contributed by atoms with van der Waals surface area (Å²) < 4.78 is 5.60. The van der Waals surface area contributed by atoms with E-state index < -0.39 is 0 Å². The van der Waals surface area contributed by atoms with Gasteiger partial charge in [-0.15, -0.1) is 10.2 Å². The van der Waals surface area contributed by atoms with Crippen molar-refractivity contribution in [1.82, 2.24) is 25.3 Å². The van der Waals surface area contributed by atoms with E-state index in [4.69, 9.17) is 4.74 Å². The lowest BCUT2D eigenvalue weighted by Gasteiger charge is -2.30. The molecule has 0 radical (unpaired) electrons. The Morgan fingerprint density at radius 3 is 2.96 bits per heavy atom. The van der Waals surface area contributed by atoms with E-state index >= 15 is 0 Å². The summed E-state index contributed by atoms with van der Waals surface area (Å²) in [5.41, 5.74) is 1.19. The molecule has 2 aliphatic heterocycles. The van der Waals surface area contributed by atoms with Crippen molar-refractivity contribution < 1.29 is 9.53 Å². The number of nitrogens with zero attached hydrogens (tertiary/aromatic N) is 4. The Morgan fingerprint density at radius 2 is 2.24 bits per heavy atom. The minimum atomic E-state index is -0.0324. The van der Waals surface area contributed by atoms with Crippen LogP contribution in [0.4, 0.5) is 5.13 Å². The van der Waals surface area contributed by atoms with Gasteiger partial charge in [0.2, 0.25) is 11.0 Å². The predicted octanol–water partition coefficient (Wildman–Crippen LogP) is 1.93. The van der Waals surface area contributed by atoms with Crippen molar-refractivity contribution in [3.05, 3.63) is 23.0 Å². The van der Waals surface area contributed by atoms with Gasteiger partial charge in [-0.25, -0.2) is 0 Å². The van der Waals surface area contributed by atoms with Crippen molar-refractivity contribution in [3.8, 4) is 0 Å². The largest absolute Gasteiger partial charge is 0.371 e. The number of nitrogens with one attached hydrogen (secondary N) is 2. The number of H-pyrrole nitrogens is 1. The summed E-state index contributed by atoms with van der Waals surface area (Å²) >= 11 is 1.41. The third-order valence-corrected chi connectivity index (χ3v) is 5.74. The van der Waals surface area contributed by atoms with Crippen LogP contribution in [0.25, 0.3) is 0 Å². The molecule has 0 spiro atoms. The summed E-state index contributed by atoms with van der Waals surface area (Å²) in [5, 5.41) is 19.6. The highest BCUT2D eigenvalue weighted by Gasteiger charge is 2.24. The molecular weight excluding hydrogens is 340 g/mol. The van der Waals surface area contributed by atoms with Crippen LogP contribution in [0.1, 0.15) is 48.4 Å². The third kappa shape index (κ3) is 4.05. The van der Waals surface area contributed by atoms with E-state index in [1.807, 2.05) is 6.07 Å². The van der Waals surface area contributed by atoms with E-state index in [1.165, 1.54) is 17.0 Å². The van der Waals surface area contributed by atoms with E-state index in [9.17, 15) is 4.79 Å². The smallest absolute Gasteiger partial charge is 0.240 e. The van der Waals surface area contributed by atoms with Gasteiger partial charge in [-0.1, -0.05) is 11.3 Å². The molecule has 2 N–H and O–H groups in total. The molecule has 1 atom stereocenters. The maximum atomic E-state index is 12.3. The Morgan fingerprint density at radius 1 is 1.36 bits per heavy atom. The molecule has 0 aromatic carbocycles. The van der Waals surface area contributed by atoms with Gasteiger partial charge in [0.05, 0.1) is 6.54 Å². The summed E-state index contributed by atoms with van der Waals surface area (Å²) in [5.74, 6) is 0.481. The Bertz CT molecular complexity index is 689. The lowest BCUT2D eigenvalue weighted by Crippen LogP contribution is -2.38. The van der Waals surface area contributed by atoms with Crippen LogP contribution in [0.15, 0.2) is 12.3 Å². The number of hydrogen-bond acceptors (Lipinski definition) is 7. The molecule has 4 rings (SSSR count). The number of likely N-dealkylation sites (tertiary alicyclic amines) is 1. The second-order valence-corrected chi connectivity index (χ2v) is 7.57. The zero-order valence-electron chi connectivity index (χ0n) is 14.0. The van der Waals surface area contributed by atoms with Crippen LogP contribution in [0.2, 0.25) is 0 Å². The lowest BCUT2D eigenvalue weighted by molar-refractivity contribution is -0.117. The number of hydrogen-bond donors (Lipinski definition) is 2. The van der Waals surface area contributed by atoms with Gasteiger partial charge >= 0.3 is 0 Å². The first-order valence-corrected chi connectivity index (χ1v) is 9.56. The average molecular weight is 362 g/mol. The van der Waals surface area contributed by atoms with Gasteiger partial charge in [-0.05, 0) is 44.8 Å². The quantitative estimate of drug-likeness (QED) is 0.844. The van der Waals surface area contributed by atoms with Crippen molar-refractivity contribution in [3.63, 3.8) is 0 Å². The highest BCUT2D eigenvalue weighted by Crippen LogP contribution is 2.32. The summed E-state index contributed by atoms with van der Waals surface area (Å²) in [6, 6.07) is 2.04. The number of aromatic nitrogens is 4. The molecule has 4 heterocycles. The molecule has 0 saturated carbocycles. The molecule has 9 heteroatoms. The zero-order valence-corrected chi connectivity index (χ0v) is 14.8. The van der Waals surface area contributed by atoms with Crippen molar-refractivity contribution >= 4 is 22.4 Å². The van der Waals surface area contributed by atoms with Gasteiger partial charge < -0.3 is 4.74 Å². The maximum absolute atomic E-state index is 12.3. The Balaban J connectivity index is 1.24. The van der Waals surface area contributed by atoms with Crippen molar-refractivity contribution in [2.45, 2.75) is 37.7 Å². The SMILES string of the molecule is O=C(CN1CCC(c2ccn[nH]2)CC1)Nc1nnc([C@@H]2CCCO2)s1. The van der Waals surface area contributed by atoms with Crippen LogP contribution >= 0.6 is 11.3 Å². The maximum Gasteiger partial charge on any atom is 0.240 e. The zero-order chi connectivity index (χ0) is 17.1. The van der Waals surface area contributed by atoms with Gasteiger partial charge in [0, 0.05) is 24.4 Å². The molecule has 134 valence electrons. The summed E-state index contributed by atoms with van der Waals surface area (Å²) in [6.07, 6.45) is 5.95. The van der Waals surface area contributed by atoms with E-state index in [1.54, 1.807) is 6.20 Å². The predicted molar refractivity (Wildman–Crippen MR) is 93.5 cm³/mol. The molecule has 8 nitrogen and oxygen atoms in total. The first kappa shape index (κ1) is 16.6. The molecule has 2 fully saturated rings. The van der Waals surface area contributed by atoms with Crippen LogP contribution in [-0.2, 0) is 9.53 Å². The number of piperidine rings is 1. The van der Waals surface area contributed by atoms with E-state index in [0.29, 0.717) is 17.6 Å². The molecule has 0 bridgehead atoms. The van der Waals surface area contributed by atoms with E-state index in [0.717, 1.165) is 50.4 Å². The fraction of sp³-hybridized carbons (Fsp3) is 0.625. The highest BCUT2D eigenvalue weighted by molar-refractivity contribution is 7.15. The molecule has 2 aliphatic rings. The Hall–Kier alpha value is -1.84. The van der Waals surface area contributed by atoms with Crippen LogP contribution in [0, 0.1) is 0 Å². The summed E-state index contributed by atoms with van der Waals surface area (Å²) in [7, 11) is 0. The fourth-order valence-electron chi connectivity index (χ4n) is 3.45. The molecule has 2 aromatic heterocycles. The first-order valence-electron chi connectivity index (χ1n) is 8.74. The monoisotopic (exact) mass is 362 g/mol. The second kappa shape index (κ2) is 7.59. The van der Waals surface area contributed by atoms with Gasteiger partial charge in [0.1, 0.15) is 11.1 Å². The van der Waals surface area contributed by atoms with Gasteiger partial charge in [0.25, 0.3) is 0 Å². The van der Waals surface area contributed by atoms with Crippen LogP contribution < -0.4 is 5.32 Å². The van der Waals surface area contributed by atoms with Gasteiger partial charge in [0.15, 0.2) is 0 Å². The highest BCUT2D eigenvalue weighted by atomic mass is 32.1. The van der Waals surface area contributed by atoms with Crippen molar-refractivity contribution in [2.24, 2.45) is 0 Å². The standard InChI is InChI=1S/C16H22N6O2S/c23-14(18-16-21-20-15(25-16)13-2-1-9-24-13)10-22-7-4-11(5-8-22)12-3-6-17-19-12/h3,6,11,13H,1-2,4-5,7-10H2,(H,17,19)(H,18,21,23)/t13-/m0/s1. The molecule has 0 aliphatic carbocycles. The van der Waals surface area contributed by atoms with E-state index in [-0.39, 0.29) is 12.0 Å². The summed E-state index contributed by atoms with van der Waals surface area (Å²) in [4.78, 5) is 14.4. The normalized spacial score (nSPS) is 22.3. The number of carbonyl (C=O) groups excluding carboxylic acids is 1. The molecule has 25 heavy (non-hydrogen) atoms. The minimum Gasteiger partial charge on any atom is -0.371 e.